The van der Waals surface area contributed by atoms with Gasteiger partial charge in [-0.25, -0.2) is 8.42 Å². The summed E-state index contributed by atoms with van der Waals surface area (Å²) in [7, 11) is -3.61. The van der Waals surface area contributed by atoms with E-state index in [9.17, 15) is 18.0 Å². The van der Waals surface area contributed by atoms with Crippen molar-refractivity contribution in [2.45, 2.75) is 45.1 Å². The molecule has 1 aromatic heterocycles. The topological polar surface area (TPSA) is 107 Å². The minimum atomic E-state index is -3.61. The summed E-state index contributed by atoms with van der Waals surface area (Å²) in [5.74, 6) is 0.216. The number of rotatable bonds is 8. The SMILES string of the molecule is CCOC(=O)Cn1c(=NC(=O)c2ccc(S(=O)(=O)N3CCC(C)CC3)cc2)sc2cc(OCC)ccc21. The van der Waals surface area contributed by atoms with Gasteiger partial charge in [-0.1, -0.05) is 18.3 Å². The molecule has 1 aliphatic heterocycles. The van der Waals surface area contributed by atoms with Crippen LogP contribution in [0.4, 0.5) is 0 Å². The van der Waals surface area contributed by atoms with Gasteiger partial charge in [-0.15, -0.1) is 0 Å². The largest absolute Gasteiger partial charge is 0.494 e. The normalized spacial score (nSPS) is 15.7. The fourth-order valence-electron chi connectivity index (χ4n) is 4.18. The molecule has 2 heterocycles. The third-order valence-corrected chi connectivity index (χ3v) is 9.19. The number of piperidine rings is 1. The summed E-state index contributed by atoms with van der Waals surface area (Å²) < 4.78 is 40.6. The zero-order valence-electron chi connectivity index (χ0n) is 21.2. The number of ether oxygens (including phenoxy) is 2. The van der Waals surface area contributed by atoms with Gasteiger partial charge in [0.2, 0.25) is 10.0 Å². The molecule has 0 saturated carbocycles. The third kappa shape index (κ3) is 6.11. The lowest BCUT2D eigenvalue weighted by molar-refractivity contribution is -0.143. The molecule has 2 aromatic carbocycles. The van der Waals surface area contributed by atoms with Gasteiger partial charge in [-0.3, -0.25) is 9.59 Å². The van der Waals surface area contributed by atoms with Crippen LogP contribution in [0.25, 0.3) is 10.2 Å². The van der Waals surface area contributed by atoms with Gasteiger partial charge in [0, 0.05) is 18.7 Å². The molecule has 3 aromatic rings. The molecule has 0 bridgehead atoms. The van der Waals surface area contributed by atoms with Gasteiger partial charge < -0.3 is 14.0 Å². The predicted molar refractivity (Wildman–Crippen MR) is 141 cm³/mol. The first-order valence-corrected chi connectivity index (χ1v) is 14.6. The fourth-order valence-corrected chi connectivity index (χ4v) is 6.70. The molecule has 0 aliphatic carbocycles. The van der Waals surface area contributed by atoms with E-state index in [0.717, 1.165) is 23.1 Å². The third-order valence-electron chi connectivity index (χ3n) is 6.24. The molecule has 9 nitrogen and oxygen atoms in total. The van der Waals surface area contributed by atoms with Gasteiger partial charge >= 0.3 is 5.97 Å². The summed E-state index contributed by atoms with van der Waals surface area (Å²) in [5, 5.41) is 0. The zero-order chi connectivity index (χ0) is 26.6. The second kappa shape index (κ2) is 11.6. The van der Waals surface area contributed by atoms with Crippen LogP contribution < -0.4 is 9.54 Å². The van der Waals surface area contributed by atoms with Gasteiger partial charge in [0.05, 0.1) is 28.3 Å². The molecule has 198 valence electrons. The number of benzene rings is 2. The van der Waals surface area contributed by atoms with Crippen molar-refractivity contribution in [3.63, 3.8) is 0 Å². The van der Waals surface area contributed by atoms with Crippen molar-refractivity contribution in [2.75, 3.05) is 26.3 Å². The van der Waals surface area contributed by atoms with E-state index >= 15 is 0 Å². The number of esters is 1. The van der Waals surface area contributed by atoms with Gasteiger partial charge in [0.15, 0.2) is 4.80 Å². The lowest BCUT2D eigenvalue weighted by Crippen LogP contribution is -2.37. The van der Waals surface area contributed by atoms with Gasteiger partial charge in [0.1, 0.15) is 12.3 Å². The van der Waals surface area contributed by atoms with Crippen molar-refractivity contribution in [1.82, 2.24) is 8.87 Å². The van der Waals surface area contributed by atoms with Crippen molar-refractivity contribution in [2.24, 2.45) is 10.9 Å². The summed E-state index contributed by atoms with van der Waals surface area (Å²) in [6.45, 7) is 7.40. The Bertz CT molecular complexity index is 1450. The average Bonchev–Trinajstić information content (AvgIpc) is 3.20. The van der Waals surface area contributed by atoms with Crippen molar-refractivity contribution >= 4 is 43.5 Å². The number of thiazole rings is 1. The average molecular weight is 546 g/mol. The number of nitrogens with zero attached hydrogens (tertiary/aromatic N) is 3. The molecule has 0 N–H and O–H groups in total. The van der Waals surface area contributed by atoms with Gasteiger partial charge in [-0.05, 0) is 75.1 Å². The van der Waals surface area contributed by atoms with Crippen LogP contribution in [0.5, 0.6) is 5.75 Å². The molecule has 1 fully saturated rings. The highest BCUT2D eigenvalue weighted by Crippen LogP contribution is 2.25. The number of amides is 1. The van der Waals surface area contributed by atoms with Crippen LogP contribution >= 0.6 is 11.3 Å². The van der Waals surface area contributed by atoms with Crippen molar-refractivity contribution in [1.29, 1.82) is 0 Å². The Labute approximate surface area is 220 Å². The van der Waals surface area contributed by atoms with E-state index in [4.69, 9.17) is 9.47 Å². The first-order chi connectivity index (χ1) is 17.7. The standard InChI is InChI=1S/C26H31N3O6S2/c1-4-34-20-8-11-22-23(16-20)36-26(29(22)17-24(30)35-5-2)27-25(31)19-6-9-21(10-7-19)37(32,33)28-14-12-18(3)13-15-28/h6-11,16,18H,4-5,12-15,17H2,1-3H3. The van der Waals surface area contributed by atoms with E-state index in [1.54, 1.807) is 17.6 Å². The van der Waals surface area contributed by atoms with E-state index in [-0.39, 0.29) is 23.6 Å². The van der Waals surface area contributed by atoms with Crippen LogP contribution in [0.3, 0.4) is 0 Å². The fraction of sp³-hybridized carbons (Fsp3) is 0.423. The predicted octanol–water partition coefficient (Wildman–Crippen LogP) is 3.83. The number of sulfonamides is 1. The minimum Gasteiger partial charge on any atom is -0.494 e. The van der Waals surface area contributed by atoms with Gasteiger partial charge in [0.25, 0.3) is 5.91 Å². The first-order valence-electron chi connectivity index (χ1n) is 12.3. The Kier molecular flexibility index (Phi) is 8.46. The first kappa shape index (κ1) is 27.0. The summed E-state index contributed by atoms with van der Waals surface area (Å²) in [4.78, 5) is 30.1. The maximum absolute atomic E-state index is 13.0. The maximum atomic E-state index is 13.0. The Balaban J connectivity index is 1.64. The molecule has 0 radical (unpaired) electrons. The van der Waals surface area contributed by atoms with Gasteiger partial charge in [-0.2, -0.15) is 9.30 Å². The van der Waals surface area contributed by atoms with E-state index in [0.29, 0.717) is 36.2 Å². The smallest absolute Gasteiger partial charge is 0.326 e. The van der Waals surface area contributed by atoms with Crippen molar-refractivity contribution < 1.29 is 27.5 Å². The van der Waals surface area contributed by atoms with Crippen LogP contribution in [-0.2, 0) is 26.1 Å². The molecule has 1 aliphatic rings. The molecule has 11 heteroatoms. The number of fused-ring (bicyclic) bond motifs is 1. The van der Waals surface area contributed by atoms with Crippen molar-refractivity contribution in [3.8, 4) is 5.75 Å². The highest BCUT2D eigenvalue weighted by Gasteiger charge is 2.28. The molecule has 1 amide bonds. The number of hydrogen-bond acceptors (Lipinski definition) is 7. The molecule has 0 unspecified atom stereocenters. The quantitative estimate of drug-likeness (QED) is 0.398. The van der Waals surface area contributed by atoms with Crippen LogP contribution in [0, 0.1) is 5.92 Å². The Morgan fingerprint density at radius 2 is 1.76 bits per heavy atom. The highest BCUT2D eigenvalue weighted by atomic mass is 32.2. The molecule has 0 spiro atoms. The lowest BCUT2D eigenvalue weighted by Gasteiger charge is -2.29. The summed E-state index contributed by atoms with van der Waals surface area (Å²) in [6.07, 6.45) is 1.67. The molecule has 37 heavy (non-hydrogen) atoms. The molecule has 0 atom stereocenters. The second-order valence-corrected chi connectivity index (χ2v) is 11.8. The van der Waals surface area contributed by atoms with Crippen LogP contribution in [0.2, 0.25) is 0 Å². The summed E-state index contributed by atoms with van der Waals surface area (Å²) in [5.41, 5.74) is 0.978. The van der Waals surface area contributed by atoms with Crippen LogP contribution in [-0.4, -0.2) is 55.5 Å². The Morgan fingerprint density at radius 3 is 2.41 bits per heavy atom. The zero-order valence-corrected chi connectivity index (χ0v) is 22.8. The van der Waals surface area contributed by atoms with Crippen molar-refractivity contribution in [3.05, 3.63) is 52.8 Å². The molecule has 4 rings (SSSR count). The van der Waals surface area contributed by atoms with Crippen LogP contribution in [0.15, 0.2) is 52.4 Å². The Hall–Kier alpha value is -3.02. The molecular formula is C26H31N3O6S2. The van der Waals surface area contributed by atoms with E-state index < -0.39 is 21.9 Å². The monoisotopic (exact) mass is 545 g/mol. The van der Waals surface area contributed by atoms with E-state index in [1.165, 1.54) is 39.9 Å². The number of carbonyl (C=O) groups excluding carboxylic acids is 2. The second-order valence-electron chi connectivity index (χ2n) is 8.87. The Morgan fingerprint density at radius 1 is 1.05 bits per heavy atom. The number of hydrogen-bond donors (Lipinski definition) is 0. The summed E-state index contributed by atoms with van der Waals surface area (Å²) >= 11 is 1.26. The molecule has 1 saturated heterocycles. The van der Waals surface area contributed by atoms with E-state index in [1.807, 2.05) is 19.1 Å². The number of carbonyl (C=O) groups is 2. The highest BCUT2D eigenvalue weighted by molar-refractivity contribution is 7.89. The maximum Gasteiger partial charge on any atom is 0.326 e. The van der Waals surface area contributed by atoms with Crippen LogP contribution in [0.1, 0.15) is 44.0 Å². The lowest BCUT2D eigenvalue weighted by atomic mass is 10.0. The number of aromatic nitrogens is 1. The molecular weight excluding hydrogens is 514 g/mol. The summed E-state index contributed by atoms with van der Waals surface area (Å²) in [6, 6.07) is 11.3. The minimum absolute atomic E-state index is 0.0977. The van der Waals surface area contributed by atoms with E-state index in [2.05, 4.69) is 11.9 Å².